The lowest BCUT2D eigenvalue weighted by Gasteiger charge is -2.21. The molecular formula is C27H41FN2. The molecule has 0 unspecified atom stereocenters. The fraction of sp³-hybridized carbons (Fsp3) is 0.556. The van der Waals surface area contributed by atoms with Crippen LogP contribution in [0, 0.1) is 5.82 Å². The Balaban J connectivity index is 2.21. The van der Waals surface area contributed by atoms with Crippen molar-refractivity contribution in [2.75, 3.05) is 13.1 Å². The molecule has 2 rings (SSSR count). The van der Waals surface area contributed by atoms with Crippen LogP contribution in [0.25, 0.3) is 10.9 Å². The molecule has 1 heterocycles. The van der Waals surface area contributed by atoms with Gasteiger partial charge in [0.2, 0.25) is 0 Å². The highest BCUT2D eigenvalue weighted by Crippen LogP contribution is 2.25. The third kappa shape index (κ3) is 7.75. The average molecular weight is 413 g/mol. The zero-order valence-corrected chi connectivity index (χ0v) is 19.8. The second-order valence-corrected chi connectivity index (χ2v) is 8.82. The first-order valence-electron chi connectivity index (χ1n) is 11.7. The average Bonchev–Trinajstić information content (AvgIpc) is 3.04. The molecular weight excluding hydrogens is 371 g/mol. The zero-order chi connectivity index (χ0) is 21.9. The number of halogens is 1. The Morgan fingerprint density at radius 3 is 2.37 bits per heavy atom. The number of fused-ring (bicyclic) bond motifs is 1. The number of hydrogen-bond acceptors (Lipinski definition) is 1. The van der Waals surface area contributed by atoms with Gasteiger partial charge in [-0.1, -0.05) is 50.0 Å². The van der Waals surface area contributed by atoms with Gasteiger partial charge in [-0.15, -0.1) is 0 Å². The van der Waals surface area contributed by atoms with Gasteiger partial charge in [-0.3, -0.25) is 4.90 Å². The molecule has 30 heavy (non-hydrogen) atoms. The van der Waals surface area contributed by atoms with E-state index < -0.39 is 0 Å². The van der Waals surface area contributed by atoms with Gasteiger partial charge in [-0.2, -0.15) is 0 Å². The van der Waals surface area contributed by atoms with E-state index in [1.165, 1.54) is 42.4 Å². The summed E-state index contributed by atoms with van der Waals surface area (Å²) >= 11 is 0. The number of benzene rings is 1. The van der Waals surface area contributed by atoms with Crippen molar-refractivity contribution in [1.29, 1.82) is 0 Å². The van der Waals surface area contributed by atoms with E-state index in [1.807, 2.05) is 6.07 Å². The van der Waals surface area contributed by atoms with Crippen molar-refractivity contribution in [3.63, 3.8) is 0 Å². The summed E-state index contributed by atoms with van der Waals surface area (Å²) in [4.78, 5) is 2.54. The number of hydrogen-bond donors (Lipinski definition) is 0. The van der Waals surface area contributed by atoms with Gasteiger partial charge in [-0.05, 0) is 83.3 Å². The standard InChI is InChI=1S/C27H41FN2/c1-6-8-16-29(17-9-7-2)20-24-21-30(27-14-13-25(28)19-26(24)27)18-15-23(5)12-10-11-22(3)4/h11,13-15,19,21H,6-10,12,16-18,20H2,1-5H3/b23-15+. The van der Waals surface area contributed by atoms with Crippen molar-refractivity contribution >= 4 is 10.9 Å². The van der Waals surface area contributed by atoms with Gasteiger partial charge >= 0.3 is 0 Å². The normalized spacial score (nSPS) is 12.2. The van der Waals surface area contributed by atoms with Crippen LogP contribution in [0.15, 0.2) is 47.7 Å². The topological polar surface area (TPSA) is 8.17 Å². The van der Waals surface area contributed by atoms with E-state index in [4.69, 9.17) is 0 Å². The molecule has 0 saturated heterocycles. The van der Waals surface area contributed by atoms with Crippen molar-refractivity contribution in [3.05, 3.63) is 59.1 Å². The SMILES string of the molecule is CCCCN(CCCC)Cc1cn(C/C=C(\C)CCC=C(C)C)c2ccc(F)cc12. The lowest BCUT2D eigenvalue weighted by molar-refractivity contribution is 0.258. The van der Waals surface area contributed by atoms with E-state index in [2.05, 4.69) is 62.4 Å². The van der Waals surface area contributed by atoms with Gasteiger partial charge in [0.1, 0.15) is 5.82 Å². The lowest BCUT2D eigenvalue weighted by Crippen LogP contribution is -2.25. The Bertz CT molecular complexity index is 832. The Morgan fingerprint density at radius 1 is 1.03 bits per heavy atom. The Kier molecular flexibility index (Phi) is 10.4. The molecule has 1 aromatic carbocycles. The van der Waals surface area contributed by atoms with E-state index in [9.17, 15) is 4.39 Å². The summed E-state index contributed by atoms with van der Waals surface area (Å²) in [7, 11) is 0. The molecule has 0 amide bonds. The Labute approximate surface area is 183 Å². The number of nitrogens with zero attached hydrogens (tertiary/aromatic N) is 2. The monoisotopic (exact) mass is 412 g/mol. The fourth-order valence-corrected chi connectivity index (χ4v) is 3.84. The first-order chi connectivity index (χ1) is 14.4. The van der Waals surface area contributed by atoms with Crippen LogP contribution >= 0.6 is 0 Å². The summed E-state index contributed by atoms with van der Waals surface area (Å²) < 4.78 is 16.3. The summed E-state index contributed by atoms with van der Waals surface area (Å²) in [6.07, 6.45) is 13.9. The van der Waals surface area contributed by atoms with Crippen molar-refractivity contribution in [1.82, 2.24) is 9.47 Å². The quantitative estimate of drug-likeness (QED) is 0.304. The second-order valence-electron chi connectivity index (χ2n) is 8.82. The van der Waals surface area contributed by atoms with Crippen LogP contribution in [0.3, 0.4) is 0 Å². The first kappa shape index (κ1) is 24.4. The highest BCUT2D eigenvalue weighted by Gasteiger charge is 2.13. The summed E-state index contributed by atoms with van der Waals surface area (Å²) in [6, 6.07) is 5.23. The van der Waals surface area contributed by atoms with E-state index >= 15 is 0 Å². The molecule has 166 valence electrons. The zero-order valence-electron chi connectivity index (χ0n) is 19.8. The van der Waals surface area contributed by atoms with Crippen molar-refractivity contribution in [2.45, 2.75) is 86.2 Å². The number of allylic oxidation sites excluding steroid dienone is 4. The maximum Gasteiger partial charge on any atom is 0.123 e. The Morgan fingerprint density at radius 2 is 1.73 bits per heavy atom. The third-order valence-electron chi connectivity index (χ3n) is 5.70. The molecule has 0 radical (unpaired) electrons. The summed E-state index contributed by atoms with van der Waals surface area (Å²) in [6.45, 7) is 15.0. The Hall–Kier alpha value is -1.87. The highest BCUT2D eigenvalue weighted by atomic mass is 19.1. The van der Waals surface area contributed by atoms with Crippen LogP contribution in [-0.2, 0) is 13.1 Å². The van der Waals surface area contributed by atoms with E-state index in [0.717, 1.165) is 49.9 Å². The number of rotatable bonds is 13. The van der Waals surface area contributed by atoms with Crippen LogP contribution in [0.2, 0.25) is 0 Å². The molecule has 0 spiro atoms. The van der Waals surface area contributed by atoms with Crippen LogP contribution in [0.4, 0.5) is 4.39 Å². The summed E-state index contributed by atoms with van der Waals surface area (Å²) in [5.74, 6) is -0.149. The molecule has 0 N–H and O–H groups in total. The molecule has 3 heteroatoms. The van der Waals surface area contributed by atoms with Gasteiger partial charge in [0.25, 0.3) is 0 Å². The van der Waals surface area contributed by atoms with E-state index in [-0.39, 0.29) is 5.82 Å². The van der Waals surface area contributed by atoms with E-state index in [1.54, 1.807) is 12.1 Å². The maximum absolute atomic E-state index is 14.0. The van der Waals surface area contributed by atoms with Crippen LogP contribution in [0.5, 0.6) is 0 Å². The largest absolute Gasteiger partial charge is 0.343 e. The number of unbranched alkanes of at least 4 members (excludes halogenated alkanes) is 2. The van der Waals surface area contributed by atoms with Gasteiger partial charge in [0.15, 0.2) is 0 Å². The molecule has 2 nitrogen and oxygen atoms in total. The van der Waals surface area contributed by atoms with Gasteiger partial charge in [0.05, 0.1) is 0 Å². The highest BCUT2D eigenvalue weighted by molar-refractivity contribution is 5.84. The van der Waals surface area contributed by atoms with Gasteiger partial charge < -0.3 is 4.57 Å². The first-order valence-corrected chi connectivity index (χ1v) is 11.7. The molecule has 0 atom stereocenters. The van der Waals surface area contributed by atoms with Crippen molar-refractivity contribution in [3.8, 4) is 0 Å². The predicted molar refractivity (Wildman–Crippen MR) is 129 cm³/mol. The van der Waals surface area contributed by atoms with Gasteiger partial charge in [-0.25, -0.2) is 4.39 Å². The molecule has 0 bridgehead atoms. The van der Waals surface area contributed by atoms with E-state index in [0.29, 0.717) is 0 Å². The lowest BCUT2D eigenvalue weighted by atomic mass is 10.1. The van der Waals surface area contributed by atoms with Gasteiger partial charge in [0, 0.05) is 30.2 Å². The molecule has 0 saturated carbocycles. The maximum atomic E-state index is 14.0. The van der Waals surface area contributed by atoms with Crippen LogP contribution < -0.4 is 0 Å². The predicted octanol–water partition coefficient (Wildman–Crippen LogP) is 7.88. The third-order valence-corrected chi connectivity index (χ3v) is 5.70. The molecule has 1 aromatic heterocycles. The minimum atomic E-state index is -0.149. The van der Waals surface area contributed by atoms with Crippen molar-refractivity contribution < 1.29 is 4.39 Å². The fourth-order valence-electron chi connectivity index (χ4n) is 3.84. The summed E-state index contributed by atoms with van der Waals surface area (Å²) in [5, 5.41) is 1.06. The molecule has 2 aromatic rings. The van der Waals surface area contributed by atoms with Crippen molar-refractivity contribution in [2.24, 2.45) is 0 Å². The molecule has 0 fully saturated rings. The minimum Gasteiger partial charge on any atom is -0.343 e. The second kappa shape index (κ2) is 12.7. The van der Waals surface area contributed by atoms with Crippen LogP contribution in [0.1, 0.15) is 78.7 Å². The summed E-state index contributed by atoms with van der Waals surface area (Å²) in [5.41, 5.74) is 5.16. The number of aromatic nitrogens is 1. The molecule has 0 aliphatic rings. The minimum absolute atomic E-state index is 0.149. The van der Waals surface area contributed by atoms with Crippen LogP contribution in [-0.4, -0.2) is 22.6 Å². The smallest absolute Gasteiger partial charge is 0.123 e. The molecule has 0 aliphatic heterocycles. The molecule has 0 aliphatic carbocycles.